The van der Waals surface area contributed by atoms with Gasteiger partial charge in [-0.2, -0.15) is 0 Å². The lowest BCUT2D eigenvalue weighted by Crippen LogP contribution is -2.50. The largest absolute Gasteiger partial charge is 0.508 e. The maximum atomic E-state index is 11.8. The number of phenols is 1. The van der Waals surface area contributed by atoms with Crippen molar-refractivity contribution in [3.05, 3.63) is 51.6 Å². The zero-order chi connectivity index (χ0) is 25.8. The second-order valence-electron chi connectivity index (χ2n) is 11.0. The average Bonchev–Trinajstić information content (AvgIpc) is 3.47. The van der Waals surface area contributed by atoms with Crippen LogP contribution >= 0.6 is 0 Å². The van der Waals surface area contributed by atoms with Crippen LogP contribution in [0.15, 0.2) is 35.0 Å². The summed E-state index contributed by atoms with van der Waals surface area (Å²) in [5.41, 5.74) is 2.28. The first-order valence-electron chi connectivity index (χ1n) is 13.0. The molecule has 0 spiro atoms. The number of aromatic nitrogens is 2. The maximum Gasteiger partial charge on any atom is 0.300 e. The standard InChI is InChI=1S/C28H30N4O5/c1-27-13-10-20-19-7-5-18(33)16-17(19)4-6-21(20)22(27)11-14-28(27,34)12-2-3-15-29-23-8-9-24(32(35)36)26-25(23)30-37-31-26/h5,7-9,16,20-22,29,33-34H,3-4,6,10-11,13-15H2,1H3/t20-,21-,22+,27+,28+/m1/s1. The Morgan fingerprint density at radius 1 is 1.19 bits per heavy atom. The van der Waals surface area contributed by atoms with Crippen LogP contribution < -0.4 is 5.32 Å². The Kier molecular flexibility index (Phi) is 5.60. The highest BCUT2D eigenvalue weighted by molar-refractivity contribution is 5.93. The molecule has 0 saturated heterocycles. The first kappa shape index (κ1) is 23.7. The van der Waals surface area contributed by atoms with Crippen LogP contribution in [0.25, 0.3) is 11.0 Å². The lowest BCUT2D eigenvalue weighted by atomic mass is 9.53. The van der Waals surface area contributed by atoms with E-state index >= 15 is 0 Å². The molecule has 0 aliphatic heterocycles. The van der Waals surface area contributed by atoms with E-state index in [0.717, 1.165) is 32.1 Å². The molecule has 3 aliphatic rings. The van der Waals surface area contributed by atoms with Crippen LogP contribution in [0.2, 0.25) is 0 Å². The van der Waals surface area contributed by atoms with Crippen LogP contribution in [-0.2, 0) is 6.42 Å². The van der Waals surface area contributed by atoms with Gasteiger partial charge >= 0.3 is 5.69 Å². The summed E-state index contributed by atoms with van der Waals surface area (Å²) in [7, 11) is 0. The number of anilines is 1. The van der Waals surface area contributed by atoms with Crippen molar-refractivity contribution < 1.29 is 19.8 Å². The highest BCUT2D eigenvalue weighted by Crippen LogP contribution is 2.64. The molecule has 3 aliphatic carbocycles. The summed E-state index contributed by atoms with van der Waals surface area (Å²) in [6, 6.07) is 8.80. The Morgan fingerprint density at radius 2 is 2.03 bits per heavy atom. The molecular formula is C28H30N4O5. The summed E-state index contributed by atoms with van der Waals surface area (Å²) in [5.74, 6) is 8.26. The third kappa shape index (κ3) is 3.74. The number of non-ortho nitro benzene ring substituents is 1. The van der Waals surface area contributed by atoms with Gasteiger partial charge in [-0.15, -0.1) is 0 Å². The minimum Gasteiger partial charge on any atom is -0.508 e. The Labute approximate surface area is 214 Å². The molecule has 0 bridgehead atoms. The van der Waals surface area contributed by atoms with Gasteiger partial charge in [-0.1, -0.05) is 24.8 Å². The smallest absolute Gasteiger partial charge is 0.300 e. The second-order valence-corrected chi connectivity index (χ2v) is 11.0. The fraction of sp³-hybridized carbons (Fsp3) is 0.500. The first-order chi connectivity index (χ1) is 17.8. The fourth-order valence-electron chi connectivity index (χ4n) is 7.40. The molecule has 1 heterocycles. The Hall–Kier alpha value is -3.64. The SMILES string of the molecule is C[C@]12CC[C@@H]3c4ccc(O)cc4CC[C@H]3[C@@H]1CC[C@@]2(O)C#CCCNc1ccc([N+](=O)[O-])c2nonc12. The third-order valence-electron chi connectivity index (χ3n) is 9.31. The molecule has 3 aromatic rings. The molecule has 2 fully saturated rings. The monoisotopic (exact) mass is 502 g/mol. The number of nitrogens with zero attached hydrogens (tertiary/aromatic N) is 3. The second kappa shape index (κ2) is 8.73. The van der Waals surface area contributed by atoms with Crippen molar-refractivity contribution in [1.29, 1.82) is 0 Å². The van der Waals surface area contributed by atoms with Gasteiger partial charge in [-0.05, 0) is 95.9 Å². The number of hydrogen-bond donors (Lipinski definition) is 3. The van der Waals surface area contributed by atoms with E-state index in [4.69, 9.17) is 4.63 Å². The topological polar surface area (TPSA) is 135 Å². The van der Waals surface area contributed by atoms with E-state index < -0.39 is 10.5 Å². The first-order valence-corrected chi connectivity index (χ1v) is 13.0. The lowest BCUT2D eigenvalue weighted by molar-refractivity contribution is -0.383. The minimum atomic E-state index is -1.01. The fourth-order valence-corrected chi connectivity index (χ4v) is 7.40. The van der Waals surface area contributed by atoms with Crippen molar-refractivity contribution in [3.8, 4) is 17.6 Å². The minimum absolute atomic E-state index is 0.109. The molecule has 3 N–H and O–H groups in total. The number of aromatic hydroxyl groups is 1. The van der Waals surface area contributed by atoms with Gasteiger partial charge in [0, 0.05) is 24.4 Å². The third-order valence-corrected chi connectivity index (χ3v) is 9.31. The van der Waals surface area contributed by atoms with Gasteiger partial charge < -0.3 is 15.5 Å². The molecule has 5 atom stereocenters. The van der Waals surface area contributed by atoms with Gasteiger partial charge in [-0.3, -0.25) is 10.1 Å². The average molecular weight is 503 g/mol. The predicted molar refractivity (Wildman–Crippen MR) is 137 cm³/mol. The van der Waals surface area contributed by atoms with Crippen LogP contribution in [0.4, 0.5) is 11.4 Å². The molecule has 0 amide bonds. The molecule has 0 radical (unpaired) electrons. The van der Waals surface area contributed by atoms with E-state index in [1.165, 1.54) is 17.2 Å². The van der Waals surface area contributed by atoms with Crippen molar-refractivity contribution in [2.24, 2.45) is 17.3 Å². The van der Waals surface area contributed by atoms with E-state index in [0.29, 0.717) is 54.1 Å². The number of nitro benzene ring substituents is 1. The summed E-state index contributed by atoms with van der Waals surface area (Å²) in [5, 5.41) is 43.5. The summed E-state index contributed by atoms with van der Waals surface area (Å²) in [6.45, 7) is 2.72. The van der Waals surface area contributed by atoms with E-state index in [2.05, 4.69) is 40.5 Å². The highest BCUT2D eigenvalue weighted by atomic mass is 16.6. The number of hydrogen-bond acceptors (Lipinski definition) is 8. The number of aryl methyl sites for hydroxylation is 1. The number of benzene rings is 2. The Morgan fingerprint density at radius 3 is 2.86 bits per heavy atom. The summed E-state index contributed by atoms with van der Waals surface area (Å²) in [6.07, 6.45) is 6.21. The lowest BCUT2D eigenvalue weighted by Gasteiger charge is -2.52. The van der Waals surface area contributed by atoms with E-state index in [-0.39, 0.29) is 16.6 Å². The van der Waals surface area contributed by atoms with Gasteiger partial charge in [0.15, 0.2) is 5.52 Å². The van der Waals surface area contributed by atoms with Crippen molar-refractivity contribution in [1.82, 2.24) is 10.3 Å². The van der Waals surface area contributed by atoms with E-state index in [1.54, 1.807) is 12.1 Å². The van der Waals surface area contributed by atoms with Crippen LogP contribution in [0, 0.1) is 39.2 Å². The summed E-state index contributed by atoms with van der Waals surface area (Å²) < 4.78 is 4.71. The molecule has 37 heavy (non-hydrogen) atoms. The molecule has 192 valence electrons. The molecule has 0 unspecified atom stereocenters. The van der Waals surface area contributed by atoms with E-state index in [1.807, 2.05) is 6.07 Å². The van der Waals surface area contributed by atoms with Crippen molar-refractivity contribution in [3.63, 3.8) is 0 Å². The molecule has 6 rings (SSSR count). The molecular weight excluding hydrogens is 472 g/mol. The Bertz CT molecular complexity index is 1440. The molecule has 9 heteroatoms. The van der Waals surface area contributed by atoms with Gasteiger partial charge in [0.2, 0.25) is 5.52 Å². The van der Waals surface area contributed by atoms with Gasteiger partial charge in [0.05, 0.1) is 10.6 Å². The van der Waals surface area contributed by atoms with Crippen molar-refractivity contribution >= 4 is 22.4 Å². The zero-order valence-corrected chi connectivity index (χ0v) is 20.7. The summed E-state index contributed by atoms with van der Waals surface area (Å²) in [4.78, 5) is 10.7. The zero-order valence-electron chi connectivity index (χ0n) is 20.7. The molecule has 2 aromatic carbocycles. The van der Waals surface area contributed by atoms with Gasteiger partial charge in [0.1, 0.15) is 11.4 Å². The number of phenolic OH excluding ortho intramolecular Hbond substituents is 1. The van der Waals surface area contributed by atoms with Crippen LogP contribution in [0.1, 0.15) is 62.5 Å². The van der Waals surface area contributed by atoms with Crippen molar-refractivity contribution in [2.75, 3.05) is 11.9 Å². The van der Waals surface area contributed by atoms with Crippen LogP contribution in [-0.4, -0.2) is 37.6 Å². The van der Waals surface area contributed by atoms with Crippen LogP contribution in [0.3, 0.4) is 0 Å². The number of nitrogens with one attached hydrogen (secondary N) is 1. The van der Waals surface area contributed by atoms with Crippen molar-refractivity contribution in [2.45, 2.75) is 63.4 Å². The number of fused-ring (bicyclic) bond motifs is 6. The van der Waals surface area contributed by atoms with Gasteiger partial charge in [0.25, 0.3) is 0 Å². The molecule has 1 aromatic heterocycles. The summed E-state index contributed by atoms with van der Waals surface area (Å²) >= 11 is 0. The number of rotatable bonds is 4. The van der Waals surface area contributed by atoms with Crippen LogP contribution in [0.5, 0.6) is 5.75 Å². The van der Waals surface area contributed by atoms with E-state index in [9.17, 15) is 20.3 Å². The molecule has 2 saturated carbocycles. The quantitative estimate of drug-likeness (QED) is 0.198. The maximum absolute atomic E-state index is 11.8. The highest BCUT2D eigenvalue weighted by Gasteiger charge is 2.61. The Balaban J connectivity index is 1.14. The number of nitro groups is 1. The predicted octanol–water partition coefficient (Wildman–Crippen LogP) is 4.93. The van der Waals surface area contributed by atoms with Gasteiger partial charge in [-0.25, -0.2) is 4.63 Å². The normalized spacial score (nSPS) is 30.1. The number of aliphatic hydroxyl groups is 1. The molecule has 9 nitrogen and oxygen atoms in total.